The van der Waals surface area contributed by atoms with E-state index in [2.05, 4.69) is 20.6 Å². The quantitative estimate of drug-likeness (QED) is 0.869. The number of carbonyl (C=O) groups excluding carboxylic acids is 2. The molecule has 0 unspecified atom stereocenters. The maximum atomic E-state index is 12.1. The van der Waals surface area contributed by atoms with Gasteiger partial charge in [-0.3, -0.25) is 19.1 Å². The highest BCUT2D eigenvalue weighted by molar-refractivity contribution is 6.01. The van der Waals surface area contributed by atoms with Gasteiger partial charge in [0, 0.05) is 25.9 Å². The molecule has 0 aliphatic carbocycles. The fourth-order valence-electron chi connectivity index (χ4n) is 1.90. The molecule has 0 fully saturated rings. The van der Waals surface area contributed by atoms with Gasteiger partial charge >= 0.3 is 0 Å². The second-order valence-corrected chi connectivity index (χ2v) is 4.39. The summed E-state index contributed by atoms with van der Waals surface area (Å²) in [5.74, 6) is -0.233. The maximum Gasteiger partial charge on any atom is 0.271 e. The molecule has 2 amide bonds. The summed E-state index contributed by atoms with van der Waals surface area (Å²) in [5, 5.41) is 5.23. The Bertz CT molecular complexity index is 636. The minimum atomic E-state index is -0.323. The largest absolute Gasteiger partial charge is 0.354 e. The van der Waals surface area contributed by atoms with Crippen molar-refractivity contribution in [2.24, 2.45) is 0 Å². The number of anilines is 1. The van der Waals surface area contributed by atoms with Gasteiger partial charge in [-0.05, 0) is 18.6 Å². The van der Waals surface area contributed by atoms with Crippen molar-refractivity contribution in [2.45, 2.75) is 19.8 Å². The summed E-state index contributed by atoms with van der Waals surface area (Å²) in [6.07, 6.45) is 5.86. The fraction of sp³-hybridized carbons (Fsp3) is 0.286. The molecule has 0 aliphatic rings. The van der Waals surface area contributed by atoms with E-state index in [1.165, 1.54) is 13.4 Å². The van der Waals surface area contributed by atoms with Crippen molar-refractivity contribution >= 4 is 17.6 Å². The second kappa shape index (κ2) is 6.65. The molecular formula is C14H17N5O2. The summed E-state index contributed by atoms with van der Waals surface area (Å²) < 4.78 is 1.61. The molecule has 0 bridgehead atoms. The molecule has 2 rings (SSSR count). The van der Waals surface area contributed by atoms with Crippen LogP contribution in [0.5, 0.6) is 0 Å². The molecule has 7 heteroatoms. The Morgan fingerprint density at radius 3 is 2.62 bits per heavy atom. The summed E-state index contributed by atoms with van der Waals surface area (Å²) in [6.45, 7) is 1.91. The number of aromatic nitrogens is 3. The number of rotatable bonds is 5. The molecule has 0 aromatic carbocycles. The predicted octanol–water partition coefficient (Wildman–Crippen LogP) is 1.37. The third-order valence-corrected chi connectivity index (χ3v) is 2.89. The SMILES string of the molecule is CCCC(=O)Nc1ncn(-c2ccncc2)c1C(=O)NC. The molecule has 110 valence electrons. The topological polar surface area (TPSA) is 88.9 Å². The van der Waals surface area contributed by atoms with Crippen LogP contribution in [0.15, 0.2) is 30.9 Å². The van der Waals surface area contributed by atoms with E-state index in [9.17, 15) is 9.59 Å². The molecule has 7 nitrogen and oxygen atoms in total. The first-order valence-electron chi connectivity index (χ1n) is 6.67. The van der Waals surface area contributed by atoms with Crippen LogP contribution >= 0.6 is 0 Å². The van der Waals surface area contributed by atoms with Crippen LogP contribution in [0.4, 0.5) is 5.82 Å². The highest BCUT2D eigenvalue weighted by Crippen LogP contribution is 2.18. The van der Waals surface area contributed by atoms with Gasteiger partial charge in [0.15, 0.2) is 11.5 Å². The molecule has 0 radical (unpaired) electrons. The van der Waals surface area contributed by atoms with Gasteiger partial charge in [0.25, 0.3) is 5.91 Å². The summed E-state index contributed by atoms with van der Waals surface area (Å²) in [6, 6.07) is 3.51. The molecule has 2 heterocycles. The number of nitrogens with zero attached hydrogens (tertiary/aromatic N) is 3. The summed E-state index contributed by atoms with van der Waals surface area (Å²) in [7, 11) is 1.53. The first-order valence-corrected chi connectivity index (χ1v) is 6.67. The van der Waals surface area contributed by atoms with Crippen molar-refractivity contribution in [1.82, 2.24) is 19.9 Å². The number of nitrogens with one attached hydrogen (secondary N) is 2. The van der Waals surface area contributed by atoms with Crippen molar-refractivity contribution < 1.29 is 9.59 Å². The van der Waals surface area contributed by atoms with E-state index in [0.717, 1.165) is 12.1 Å². The smallest absolute Gasteiger partial charge is 0.271 e. The zero-order chi connectivity index (χ0) is 15.2. The van der Waals surface area contributed by atoms with Crippen LogP contribution in [-0.4, -0.2) is 33.4 Å². The van der Waals surface area contributed by atoms with Crippen LogP contribution in [0.3, 0.4) is 0 Å². The maximum absolute atomic E-state index is 12.1. The van der Waals surface area contributed by atoms with Crippen molar-refractivity contribution in [3.63, 3.8) is 0 Å². The van der Waals surface area contributed by atoms with Gasteiger partial charge in [0.05, 0.1) is 5.69 Å². The highest BCUT2D eigenvalue weighted by atomic mass is 16.2. The van der Waals surface area contributed by atoms with E-state index in [1.807, 2.05) is 6.92 Å². The molecule has 2 N–H and O–H groups in total. The normalized spacial score (nSPS) is 10.2. The van der Waals surface area contributed by atoms with Crippen LogP contribution in [0.2, 0.25) is 0 Å². The average Bonchev–Trinajstić information content (AvgIpc) is 2.91. The number of pyridine rings is 1. The van der Waals surface area contributed by atoms with E-state index < -0.39 is 0 Å². The lowest BCUT2D eigenvalue weighted by Gasteiger charge is -2.09. The summed E-state index contributed by atoms with van der Waals surface area (Å²) >= 11 is 0. The van der Waals surface area contributed by atoms with Gasteiger partial charge in [-0.1, -0.05) is 6.92 Å². The lowest BCUT2D eigenvalue weighted by molar-refractivity contribution is -0.116. The Kier molecular flexibility index (Phi) is 4.65. The van der Waals surface area contributed by atoms with E-state index in [1.54, 1.807) is 29.1 Å². The van der Waals surface area contributed by atoms with Crippen LogP contribution in [0.1, 0.15) is 30.3 Å². The molecule has 0 saturated heterocycles. The Balaban J connectivity index is 2.41. The predicted molar refractivity (Wildman–Crippen MR) is 78.3 cm³/mol. The average molecular weight is 287 g/mol. The minimum Gasteiger partial charge on any atom is -0.354 e. The molecule has 21 heavy (non-hydrogen) atoms. The van der Waals surface area contributed by atoms with E-state index in [4.69, 9.17) is 0 Å². The third-order valence-electron chi connectivity index (χ3n) is 2.89. The Labute approximate surface area is 122 Å². The van der Waals surface area contributed by atoms with Crippen molar-refractivity contribution in [1.29, 1.82) is 0 Å². The van der Waals surface area contributed by atoms with Gasteiger partial charge < -0.3 is 10.6 Å². The highest BCUT2D eigenvalue weighted by Gasteiger charge is 2.20. The fourth-order valence-corrected chi connectivity index (χ4v) is 1.90. The zero-order valence-electron chi connectivity index (χ0n) is 12.0. The van der Waals surface area contributed by atoms with Crippen molar-refractivity contribution in [2.75, 3.05) is 12.4 Å². The number of hydrogen-bond acceptors (Lipinski definition) is 4. The lowest BCUT2D eigenvalue weighted by atomic mass is 10.3. The third kappa shape index (κ3) is 3.25. The van der Waals surface area contributed by atoms with Crippen LogP contribution in [0, 0.1) is 0 Å². The first kappa shape index (κ1) is 14.7. The standard InChI is InChI=1S/C14H17N5O2/c1-3-4-11(20)18-13-12(14(21)15-2)19(9-17-13)10-5-7-16-8-6-10/h5-9H,3-4H2,1-2H3,(H,15,21)(H,18,20). The van der Waals surface area contributed by atoms with Crippen LogP contribution in [0.25, 0.3) is 5.69 Å². The number of amides is 2. The molecule has 2 aromatic rings. The molecule has 0 atom stereocenters. The van der Waals surface area contributed by atoms with E-state index >= 15 is 0 Å². The molecule has 2 aromatic heterocycles. The minimum absolute atomic E-state index is 0.164. The van der Waals surface area contributed by atoms with Gasteiger partial charge in [0.2, 0.25) is 5.91 Å². The van der Waals surface area contributed by atoms with Gasteiger partial charge in [-0.25, -0.2) is 4.98 Å². The van der Waals surface area contributed by atoms with Crippen molar-refractivity contribution in [3.05, 3.63) is 36.5 Å². The Hall–Kier alpha value is -2.70. The number of carbonyl (C=O) groups is 2. The molecular weight excluding hydrogens is 270 g/mol. The Morgan fingerprint density at radius 1 is 1.29 bits per heavy atom. The monoisotopic (exact) mass is 287 g/mol. The number of hydrogen-bond donors (Lipinski definition) is 2. The van der Waals surface area contributed by atoms with Crippen molar-refractivity contribution in [3.8, 4) is 5.69 Å². The summed E-state index contributed by atoms with van der Waals surface area (Å²) in [5.41, 5.74) is 1.03. The molecule has 0 spiro atoms. The van der Waals surface area contributed by atoms with Gasteiger partial charge in [0.1, 0.15) is 6.33 Å². The zero-order valence-corrected chi connectivity index (χ0v) is 12.0. The van der Waals surface area contributed by atoms with Crippen LogP contribution < -0.4 is 10.6 Å². The Morgan fingerprint density at radius 2 is 2.00 bits per heavy atom. The lowest BCUT2D eigenvalue weighted by Crippen LogP contribution is -2.23. The van der Waals surface area contributed by atoms with Gasteiger partial charge in [-0.15, -0.1) is 0 Å². The molecule has 0 saturated carbocycles. The first-order chi connectivity index (χ1) is 10.2. The summed E-state index contributed by atoms with van der Waals surface area (Å²) in [4.78, 5) is 31.9. The van der Waals surface area contributed by atoms with Crippen LogP contribution in [-0.2, 0) is 4.79 Å². The molecule has 0 aliphatic heterocycles. The van der Waals surface area contributed by atoms with E-state index in [-0.39, 0.29) is 23.3 Å². The van der Waals surface area contributed by atoms with E-state index in [0.29, 0.717) is 6.42 Å². The second-order valence-electron chi connectivity index (χ2n) is 4.39. The number of imidazole rings is 1. The van der Waals surface area contributed by atoms with Gasteiger partial charge in [-0.2, -0.15) is 0 Å².